The minimum atomic E-state index is -0.309. The highest BCUT2D eigenvalue weighted by Crippen LogP contribution is 2.31. The first-order valence-corrected chi connectivity index (χ1v) is 8.30. The van der Waals surface area contributed by atoms with Gasteiger partial charge in [0.1, 0.15) is 5.75 Å². The predicted molar refractivity (Wildman–Crippen MR) is 96.5 cm³/mol. The largest absolute Gasteiger partial charge is 0.497 e. The van der Waals surface area contributed by atoms with E-state index in [1.165, 1.54) is 5.56 Å². The van der Waals surface area contributed by atoms with Crippen LogP contribution in [0.3, 0.4) is 0 Å². The number of nitrogens with zero attached hydrogens (tertiary/aromatic N) is 1. The monoisotopic (exact) mass is 324 g/mol. The first kappa shape index (κ1) is 16.5. The van der Waals surface area contributed by atoms with E-state index in [9.17, 15) is 4.79 Å². The molecule has 0 saturated carbocycles. The van der Waals surface area contributed by atoms with Gasteiger partial charge in [-0.05, 0) is 60.7 Å². The summed E-state index contributed by atoms with van der Waals surface area (Å²) < 4.78 is 5.30. The molecule has 0 radical (unpaired) electrons. The zero-order chi connectivity index (χ0) is 17.3. The number of aryl methyl sites for hydroxylation is 2. The van der Waals surface area contributed by atoms with Crippen molar-refractivity contribution in [2.75, 3.05) is 18.6 Å². The molecular weight excluding hydrogens is 300 g/mol. The Balaban J connectivity index is 1.78. The van der Waals surface area contributed by atoms with E-state index >= 15 is 0 Å². The number of ether oxygens (including phenoxy) is 1. The third-order valence-corrected chi connectivity index (χ3v) is 4.76. The number of rotatable bonds is 4. The molecule has 2 aromatic carbocycles. The summed E-state index contributed by atoms with van der Waals surface area (Å²) in [7, 11) is 1.65. The van der Waals surface area contributed by atoms with Gasteiger partial charge < -0.3 is 15.4 Å². The van der Waals surface area contributed by atoms with Gasteiger partial charge in [-0.1, -0.05) is 18.2 Å². The molecular formula is C20H24N2O2. The van der Waals surface area contributed by atoms with Gasteiger partial charge in [0.15, 0.2) is 0 Å². The summed E-state index contributed by atoms with van der Waals surface area (Å²) in [5, 5.41) is 0. The van der Waals surface area contributed by atoms with Gasteiger partial charge in [-0.15, -0.1) is 0 Å². The molecule has 1 heterocycles. The van der Waals surface area contributed by atoms with Crippen molar-refractivity contribution in [3.63, 3.8) is 0 Å². The minimum absolute atomic E-state index is 0.0852. The maximum atomic E-state index is 12.8. The van der Waals surface area contributed by atoms with Gasteiger partial charge in [0.05, 0.1) is 7.11 Å². The van der Waals surface area contributed by atoms with Crippen LogP contribution in [0.2, 0.25) is 0 Å². The molecule has 24 heavy (non-hydrogen) atoms. The van der Waals surface area contributed by atoms with Crippen LogP contribution in [0.25, 0.3) is 0 Å². The molecule has 1 aliphatic heterocycles. The van der Waals surface area contributed by atoms with Crippen molar-refractivity contribution in [2.24, 2.45) is 5.73 Å². The molecule has 3 rings (SSSR count). The Kier molecular flexibility index (Phi) is 4.58. The number of carbonyl (C=O) groups excluding carboxylic acids is 1. The Bertz CT molecular complexity index is 747. The predicted octanol–water partition coefficient (Wildman–Crippen LogP) is 3.29. The molecule has 1 atom stereocenters. The number of hydrogen-bond acceptors (Lipinski definition) is 3. The normalized spacial score (nSPS) is 14.4. The molecule has 4 heteroatoms. The van der Waals surface area contributed by atoms with Crippen molar-refractivity contribution in [1.29, 1.82) is 0 Å². The van der Waals surface area contributed by atoms with Crippen LogP contribution >= 0.6 is 0 Å². The van der Waals surface area contributed by atoms with E-state index in [4.69, 9.17) is 10.5 Å². The van der Waals surface area contributed by atoms with Gasteiger partial charge in [0.25, 0.3) is 0 Å². The summed E-state index contributed by atoms with van der Waals surface area (Å²) >= 11 is 0. The van der Waals surface area contributed by atoms with Crippen molar-refractivity contribution in [3.05, 3.63) is 58.7 Å². The third-order valence-electron chi connectivity index (χ3n) is 4.76. The molecule has 126 valence electrons. The summed E-state index contributed by atoms with van der Waals surface area (Å²) in [6.45, 7) is 4.77. The van der Waals surface area contributed by atoms with Crippen LogP contribution in [0.4, 0.5) is 5.69 Å². The highest BCUT2D eigenvalue weighted by atomic mass is 16.5. The lowest BCUT2D eigenvalue weighted by atomic mass is 9.94. The lowest BCUT2D eigenvalue weighted by Crippen LogP contribution is -2.32. The first-order chi connectivity index (χ1) is 11.5. The summed E-state index contributed by atoms with van der Waals surface area (Å²) in [5.41, 5.74) is 11.8. The molecule has 1 unspecified atom stereocenters. The number of hydrogen-bond donors (Lipinski definition) is 1. The fourth-order valence-electron chi connectivity index (χ4n) is 3.64. The second-order valence-corrected chi connectivity index (χ2v) is 6.41. The van der Waals surface area contributed by atoms with E-state index in [2.05, 4.69) is 6.07 Å². The smallest absolute Gasteiger partial charge is 0.228 e. The third kappa shape index (κ3) is 3.02. The Morgan fingerprint density at radius 2 is 1.92 bits per heavy atom. The molecule has 1 amide bonds. The molecule has 0 aromatic heterocycles. The lowest BCUT2D eigenvalue weighted by Gasteiger charge is -2.22. The highest BCUT2D eigenvalue weighted by Gasteiger charge is 2.26. The maximum absolute atomic E-state index is 12.8. The Morgan fingerprint density at radius 3 is 2.58 bits per heavy atom. The molecule has 1 aliphatic rings. The number of nitrogens with two attached hydrogens (primary N) is 1. The summed E-state index contributed by atoms with van der Waals surface area (Å²) in [6, 6.07) is 11.7. The molecule has 0 bridgehead atoms. The zero-order valence-electron chi connectivity index (χ0n) is 14.5. The standard InChI is InChI=1S/C20H24N2O2/c1-13-10-16(24-3)11-14(2)20(13)17(21)12-19(23)22-9-8-15-6-4-5-7-18(15)22/h4-7,10-11,17H,8-9,12,21H2,1-3H3. The van der Waals surface area contributed by atoms with Crippen LogP contribution < -0.4 is 15.4 Å². The molecule has 0 fully saturated rings. The summed E-state index contributed by atoms with van der Waals surface area (Å²) in [4.78, 5) is 14.6. The van der Waals surface area contributed by atoms with E-state index in [-0.39, 0.29) is 11.9 Å². The van der Waals surface area contributed by atoms with Crippen molar-refractivity contribution < 1.29 is 9.53 Å². The fraction of sp³-hybridized carbons (Fsp3) is 0.350. The van der Waals surface area contributed by atoms with Gasteiger partial charge >= 0.3 is 0 Å². The van der Waals surface area contributed by atoms with Crippen molar-refractivity contribution in [1.82, 2.24) is 0 Å². The van der Waals surface area contributed by atoms with E-state index in [1.807, 2.05) is 49.1 Å². The Morgan fingerprint density at radius 1 is 1.25 bits per heavy atom. The minimum Gasteiger partial charge on any atom is -0.497 e. The second kappa shape index (κ2) is 6.65. The number of para-hydroxylation sites is 1. The van der Waals surface area contributed by atoms with Crippen LogP contribution in [0, 0.1) is 13.8 Å². The van der Waals surface area contributed by atoms with Gasteiger partial charge in [-0.2, -0.15) is 0 Å². The maximum Gasteiger partial charge on any atom is 0.228 e. The van der Waals surface area contributed by atoms with Crippen molar-refractivity contribution in [2.45, 2.75) is 32.7 Å². The van der Waals surface area contributed by atoms with E-state index in [0.717, 1.165) is 41.1 Å². The average Bonchev–Trinajstić information content (AvgIpc) is 2.98. The number of amides is 1. The molecule has 0 aliphatic carbocycles. The topological polar surface area (TPSA) is 55.6 Å². The second-order valence-electron chi connectivity index (χ2n) is 6.41. The van der Waals surface area contributed by atoms with E-state index < -0.39 is 0 Å². The quantitative estimate of drug-likeness (QED) is 0.939. The van der Waals surface area contributed by atoms with Gasteiger partial charge in [-0.25, -0.2) is 0 Å². The van der Waals surface area contributed by atoms with Crippen LogP contribution in [0.5, 0.6) is 5.75 Å². The van der Waals surface area contributed by atoms with E-state index in [1.54, 1.807) is 7.11 Å². The summed E-state index contributed by atoms with van der Waals surface area (Å²) in [6.07, 6.45) is 1.22. The fourth-order valence-corrected chi connectivity index (χ4v) is 3.64. The van der Waals surface area contributed by atoms with Crippen LogP contribution in [-0.4, -0.2) is 19.6 Å². The summed E-state index contributed by atoms with van der Waals surface area (Å²) in [5.74, 6) is 0.905. The number of fused-ring (bicyclic) bond motifs is 1. The number of methoxy groups -OCH3 is 1. The average molecular weight is 324 g/mol. The number of anilines is 1. The van der Waals surface area contributed by atoms with Gasteiger partial charge in [0, 0.05) is 24.7 Å². The molecule has 2 aromatic rings. The van der Waals surface area contributed by atoms with Crippen LogP contribution in [0.15, 0.2) is 36.4 Å². The molecule has 0 spiro atoms. The molecule has 0 saturated heterocycles. The molecule has 4 nitrogen and oxygen atoms in total. The first-order valence-electron chi connectivity index (χ1n) is 8.30. The van der Waals surface area contributed by atoms with Crippen molar-refractivity contribution in [3.8, 4) is 5.75 Å². The lowest BCUT2D eigenvalue weighted by molar-refractivity contribution is -0.118. The van der Waals surface area contributed by atoms with Crippen LogP contribution in [0.1, 0.15) is 34.7 Å². The highest BCUT2D eigenvalue weighted by molar-refractivity contribution is 5.95. The van der Waals surface area contributed by atoms with E-state index in [0.29, 0.717) is 6.42 Å². The zero-order valence-corrected chi connectivity index (χ0v) is 14.5. The van der Waals surface area contributed by atoms with Crippen LogP contribution in [-0.2, 0) is 11.2 Å². The number of benzene rings is 2. The Labute approximate surface area is 143 Å². The molecule has 2 N–H and O–H groups in total. The SMILES string of the molecule is COc1cc(C)c(C(N)CC(=O)N2CCc3ccccc32)c(C)c1. The Hall–Kier alpha value is -2.33. The van der Waals surface area contributed by atoms with Gasteiger partial charge in [-0.3, -0.25) is 4.79 Å². The number of carbonyl (C=O) groups is 1. The van der Waals surface area contributed by atoms with Gasteiger partial charge in [0.2, 0.25) is 5.91 Å². The van der Waals surface area contributed by atoms with Crippen molar-refractivity contribution >= 4 is 11.6 Å².